The number of nitrogens with two attached hydrogens (primary N) is 1. The molecule has 0 saturated carbocycles. The minimum Gasteiger partial charge on any atom is -0.396 e. The molecule has 1 atom stereocenters. The lowest BCUT2D eigenvalue weighted by Gasteiger charge is -2.02. The summed E-state index contributed by atoms with van der Waals surface area (Å²) in [6, 6.07) is -0.465. The van der Waals surface area contributed by atoms with E-state index in [4.69, 9.17) is 14.6 Å². The molecule has 0 fully saturated rings. The lowest BCUT2D eigenvalue weighted by Crippen LogP contribution is -2.07. The SMILES string of the molecule is C=CC(N)c1oc(=O)oc1CCCCC. The molecular formula is C11H17NO3. The summed E-state index contributed by atoms with van der Waals surface area (Å²) in [4.78, 5) is 10.9. The summed E-state index contributed by atoms with van der Waals surface area (Å²) >= 11 is 0. The zero-order chi connectivity index (χ0) is 11.3. The van der Waals surface area contributed by atoms with Crippen molar-refractivity contribution in [2.45, 2.75) is 38.6 Å². The van der Waals surface area contributed by atoms with Crippen LogP contribution in [0.1, 0.15) is 43.7 Å². The van der Waals surface area contributed by atoms with E-state index < -0.39 is 11.9 Å². The van der Waals surface area contributed by atoms with Gasteiger partial charge in [-0.25, -0.2) is 4.79 Å². The molecule has 1 heterocycles. The van der Waals surface area contributed by atoms with Gasteiger partial charge >= 0.3 is 5.82 Å². The van der Waals surface area contributed by atoms with Crippen molar-refractivity contribution in [3.63, 3.8) is 0 Å². The van der Waals surface area contributed by atoms with Gasteiger partial charge in [0.25, 0.3) is 0 Å². The molecule has 0 spiro atoms. The number of hydrogen-bond acceptors (Lipinski definition) is 4. The molecule has 0 radical (unpaired) electrons. The van der Waals surface area contributed by atoms with E-state index in [-0.39, 0.29) is 0 Å². The highest BCUT2D eigenvalue weighted by atomic mass is 16.6. The minimum atomic E-state index is -0.686. The quantitative estimate of drug-likeness (QED) is 0.578. The Bertz CT molecular complexity index is 364. The normalized spacial score (nSPS) is 12.7. The Balaban J connectivity index is 2.77. The number of unbranched alkanes of at least 4 members (excludes halogenated alkanes) is 2. The second-order valence-corrected chi connectivity index (χ2v) is 3.46. The van der Waals surface area contributed by atoms with Gasteiger partial charge in [0, 0.05) is 6.42 Å². The number of hydrogen-bond donors (Lipinski definition) is 1. The largest absolute Gasteiger partial charge is 0.519 e. The molecule has 84 valence electrons. The van der Waals surface area contributed by atoms with Gasteiger partial charge < -0.3 is 14.6 Å². The second-order valence-electron chi connectivity index (χ2n) is 3.46. The van der Waals surface area contributed by atoms with E-state index in [0.29, 0.717) is 17.9 Å². The van der Waals surface area contributed by atoms with Gasteiger partial charge in [-0.1, -0.05) is 25.8 Å². The third-order valence-corrected chi connectivity index (χ3v) is 2.24. The number of aryl methyl sites for hydroxylation is 1. The summed E-state index contributed by atoms with van der Waals surface area (Å²) in [5, 5.41) is 0. The van der Waals surface area contributed by atoms with Crippen LogP contribution < -0.4 is 11.6 Å². The van der Waals surface area contributed by atoms with Crippen LogP contribution in [-0.2, 0) is 6.42 Å². The standard InChI is InChI=1S/C11H17NO3/c1-3-5-6-7-9-10(8(12)4-2)15-11(13)14-9/h4,8H,2-3,5-7,12H2,1H3. The summed E-state index contributed by atoms with van der Waals surface area (Å²) in [6.45, 7) is 5.67. The van der Waals surface area contributed by atoms with E-state index in [1.54, 1.807) is 0 Å². The fraction of sp³-hybridized carbons (Fsp3) is 0.545. The maximum atomic E-state index is 10.9. The van der Waals surface area contributed by atoms with Gasteiger partial charge in [-0.3, -0.25) is 0 Å². The Hall–Kier alpha value is -1.29. The van der Waals surface area contributed by atoms with Gasteiger partial charge in [0.15, 0.2) is 11.5 Å². The molecule has 1 unspecified atom stereocenters. The lowest BCUT2D eigenvalue weighted by molar-refractivity contribution is 0.362. The smallest absolute Gasteiger partial charge is 0.396 e. The van der Waals surface area contributed by atoms with Gasteiger partial charge in [0.1, 0.15) is 0 Å². The Morgan fingerprint density at radius 2 is 2.20 bits per heavy atom. The third-order valence-electron chi connectivity index (χ3n) is 2.24. The van der Waals surface area contributed by atoms with E-state index >= 15 is 0 Å². The zero-order valence-electron chi connectivity index (χ0n) is 8.99. The molecule has 15 heavy (non-hydrogen) atoms. The van der Waals surface area contributed by atoms with E-state index in [1.165, 1.54) is 6.08 Å². The van der Waals surface area contributed by atoms with Crippen LogP contribution in [0.5, 0.6) is 0 Å². The molecule has 0 amide bonds. The van der Waals surface area contributed by atoms with E-state index in [0.717, 1.165) is 19.3 Å². The molecule has 1 aromatic heterocycles. The lowest BCUT2D eigenvalue weighted by atomic mass is 10.1. The highest BCUT2D eigenvalue weighted by Crippen LogP contribution is 2.18. The van der Waals surface area contributed by atoms with Crippen LogP contribution in [0.4, 0.5) is 0 Å². The predicted molar refractivity (Wildman–Crippen MR) is 57.6 cm³/mol. The Morgan fingerprint density at radius 1 is 1.47 bits per heavy atom. The van der Waals surface area contributed by atoms with E-state index in [9.17, 15) is 4.79 Å². The average Bonchev–Trinajstić information content (AvgIpc) is 2.59. The molecule has 0 aliphatic heterocycles. The highest BCUT2D eigenvalue weighted by Gasteiger charge is 2.16. The van der Waals surface area contributed by atoms with Crippen molar-refractivity contribution in [3.05, 3.63) is 34.8 Å². The Kier molecular flexibility index (Phi) is 4.37. The van der Waals surface area contributed by atoms with Crippen LogP contribution in [-0.4, -0.2) is 0 Å². The van der Waals surface area contributed by atoms with Crippen molar-refractivity contribution in [1.29, 1.82) is 0 Å². The van der Waals surface area contributed by atoms with Crippen molar-refractivity contribution in [2.24, 2.45) is 5.73 Å². The van der Waals surface area contributed by atoms with Crippen molar-refractivity contribution >= 4 is 0 Å². The third kappa shape index (κ3) is 3.09. The first-order valence-electron chi connectivity index (χ1n) is 5.19. The average molecular weight is 211 g/mol. The first kappa shape index (κ1) is 11.8. The fourth-order valence-corrected chi connectivity index (χ4v) is 1.39. The summed E-state index contributed by atoms with van der Waals surface area (Å²) in [5.74, 6) is 0.278. The van der Waals surface area contributed by atoms with Crippen molar-refractivity contribution in [2.75, 3.05) is 0 Å². The second kappa shape index (κ2) is 5.56. The van der Waals surface area contributed by atoms with Crippen molar-refractivity contribution in [3.8, 4) is 0 Å². The van der Waals surface area contributed by atoms with Gasteiger partial charge in [0.05, 0.1) is 6.04 Å². The fourth-order valence-electron chi connectivity index (χ4n) is 1.39. The van der Waals surface area contributed by atoms with E-state index in [1.807, 2.05) is 0 Å². The van der Waals surface area contributed by atoms with Crippen LogP contribution in [0.15, 0.2) is 26.3 Å². The monoisotopic (exact) mass is 211 g/mol. The number of rotatable bonds is 6. The molecule has 1 rings (SSSR count). The molecule has 4 heteroatoms. The maximum Gasteiger partial charge on any atom is 0.519 e. The molecule has 0 saturated heterocycles. The Labute approximate surface area is 88.8 Å². The van der Waals surface area contributed by atoms with Crippen molar-refractivity contribution in [1.82, 2.24) is 0 Å². The maximum absolute atomic E-state index is 10.9. The van der Waals surface area contributed by atoms with Crippen molar-refractivity contribution < 1.29 is 8.83 Å². The molecule has 0 aromatic carbocycles. The van der Waals surface area contributed by atoms with Gasteiger partial charge in [-0.2, -0.15) is 0 Å². The molecule has 2 N–H and O–H groups in total. The molecule has 0 aliphatic carbocycles. The predicted octanol–water partition coefficient (Wildman–Crippen LogP) is 2.15. The Morgan fingerprint density at radius 3 is 2.80 bits per heavy atom. The van der Waals surface area contributed by atoms with Crippen LogP contribution in [0.3, 0.4) is 0 Å². The molecule has 4 nitrogen and oxygen atoms in total. The van der Waals surface area contributed by atoms with E-state index in [2.05, 4.69) is 13.5 Å². The van der Waals surface area contributed by atoms with Crippen LogP contribution in [0, 0.1) is 0 Å². The molecular weight excluding hydrogens is 194 g/mol. The highest BCUT2D eigenvalue weighted by molar-refractivity contribution is 5.13. The molecule has 1 aromatic rings. The first-order chi connectivity index (χ1) is 7.19. The summed E-state index contributed by atoms with van der Waals surface area (Å²) < 4.78 is 9.81. The summed E-state index contributed by atoms with van der Waals surface area (Å²) in [6.07, 6.45) is 5.39. The van der Waals surface area contributed by atoms with Gasteiger partial charge in [0.2, 0.25) is 0 Å². The summed E-state index contributed by atoms with van der Waals surface area (Å²) in [5.41, 5.74) is 5.70. The molecule has 0 aliphatic rings. The molecule has 0 bridgehead atoms. The van der Waals surface area contributed by atoms with Gasteiger partial charge in [-0.15, -0.1) is 6.58 Å². The van der Waals surface area contributed by atoms with Crippen LogP contribution in [0.2, 0.25) is 0 Å². The zero-order valence-corrected chi connectivity index (χ0v) is 8.99. The van der Waals surface area contributed by atoms with Crippen LogP contribution in [0.25, 0.3) is 0 Å². The minimum absolute atomic E-state index is 0.408. The topological polar surface area (TPSA) is 69.4 Å². The first-order valence-corrected chi connectivity index (χ1v) is 5.19. The summed E-state index contributed by atoms with van der Waals surface area (Å²) in [7, 11) is 0. The van der Waals surface area contributed by atoms with Crippen LogP contribution >= 0.6 is 0 Å². The van der Waals surface area contributed by atoms with Gasteiger partial charge in [-0.05, 0) is 6.42 Å².